The van der Waals surface area contributed by atoms with Crippen LogP contribution in [0.2, 0.25) is 0 Å². The topological polar surface area (TPSA) is 169 Å². The van der Waals surface area contributed by atoms with E-state index in [0.29, 0.717) is 19.3 Å². The van der Waals surface area contributed by atoms with Crippen molar-refractivity contribution < 1.29 is 44.9 Å². The zero-order valence-corrected chi connectivity index (χ0v) is 33.1. The van der Waals surface area contributed by atoms with Crippen molar-refractivity contribution in [3.05, 3.63) is 23.8 Å². The van der Waals surface area contributed by atoms with E-state index in [4.69, 9.17) is 9.47 Å². The molecular weight excluding hydrogens is 662 g/mol. The highest BCUT2D eigenvalue weighted by Gasteiger charge is 2.44. The van der Waals surface area contributed by atoms with Crippen molar-refractivity contribution in [2.75, 3.05) is 13.2 Å². The summed E-state index contributed by atoms with van der Waals surface area (Å²) in [5, 5.41) is 64.5. The maximum Gasteiger partial charge on any atom is 0.249 e. The summed E-state index contributed by atoms with van der Waals surface area (Å²) < 4.78 is 11.1. The first-order valence-corrected chi connectivity index (χ1v) is 21.1. The molecule has 0 bridgehead atoms. The fraction of sp³-hybridized carbons (Fsp3) is 0.881. The van der Waals surface area contributed by atoms with Gasteiger partial charge in [-0.15, -0.1) is 0 Å². The van der Waals surface area contributed by atoms with Crippen molar-refractivity contribution >= 4 is 5.91 Å². The molecule has 0 spiro atoms. The van der Waals surface area contributed by atoms with Gasteiger partial charge in [0.1, 0.15) is 30.5 Å². The minimum Gasteiger partial charge on any atom is -0.394 e. The van der Waals surface area contributed by atoms with Crippen LogP contribution in [-0.2, 0) is 14.3 Å². The lowest BCUT2D eigenvalue weighted by Crippen LogP contribution is -2.60. The van der Waals surface area contributed by atoms with Crippen LogP contribution in [0.3, 0.4) is 0 Å². The van der Waals surface area contributed by atoms with Crippen molar-refractivity contribution in [2.45, 2.75) is 224 Å². The standard InChI is InChI=1S/C42H79NO9/c1-4-6-8-10-12-13-14-15-16-17-19-21-25-30-36(46)41(50)43-34(32-51-42-40(49)39(48)38(47)37(31-44)52-42)35(45)29-26-22-24-28-33(3)27-23-20-18-11-9-7-5-2/h26,28-29,34-40,42,44-49H,4-25,27,30-32H2,1-3H3,(H,43,50)/b29-26+,33-28+/t34-,35+,36+,37+,38+,39-,40+,42+/m0/s1. The van der Waals surface area contributed by atoms with E-state index in [1.165, 1.54) is 108 Å². The molecule has 0 aromatic carbocycles. The molecule has 1 heterocycles. The summed E-state index contributed by atoms with van der Waals surface area (Å²) in [6.07, 6.45) is 23.4. The SMILES string of the molecule is CCCCCCCCCCCCCCC[C@@H](O)C(=O)N[C@@H](CO[C@@H]1O[C@H](CO)[C@@H](O)[C@H](O)[C@H]1O)[C@H](O)/C=C/CC/C=C(\C)CCCCCCCCC. The summed E-state index contributed by atoms with van der Waals surface area (Å²) in [7, 11) is 0. The number of hydrogen-bond donors (Lipinski definition) is 7. The lowest BCUT2D eigenvalue weighted by Gasteiger charge is -2.40. The molecule has 0 saturated carbocycles. The van der Waals surface area contributed by atoms with Gasteiger partial charge < -0.3 is 45.4 Å². The van der Waals surface area contributed by atoms with Gasteiger partial charge in [0, 0.05) is 0 Å². The van der Waals surface area contributed by atoms with Gasteiger partial charge in [-0.2, -0.15) is 0 Å². The van der Waals surface area contributed by atoms with Crippen LogP contribution in [-0.4, -0.2) is 98.7 Å². The Balaban J connectivity index is 2.57. The first-order chi connectivity index (χ1) is 25.2. The molecule has 0 aliphatic carbocycles. The second kappa shape index (κ2) is 31.9. The first-order valence-electron chi connectivity index (χ1n) is 21.1. The number of nitrogens with one attached hydrogen (secondary N) is 1. The van der Waals surface area contributed by atoms with Gasteiger partial charge in [-0.25, -0.2) is 0 Å². The third-order valence-electron chi connectivity index (χ3n) is 10.2. The van der Waals surface area contributed by atoms with E-state index in [0.717, 1.165) is 32.1 Å². The van der Waals surface area contributed by atoms with Crippen LogP contribution in [0.15, 0.2) is 23.8 Å². The van der Waals surface area contributed by atoms with Gasteiger partial charge in [0.05, 0.1) is 25.4 Å². The summed E-state index contributed by atoms with van der Waals surface area (Å²) in [6.45, 7) is 5.71. The number of rotatable bonds is 33. The molecule has 0 aromatic rings. The molecule has 306 valence electrons. The number of hydrogen-bond acceptors (Lipinski definition) is 9. The van der Waals surface area contributed by atoms with E-state index < -0.39 is 61.5 Å². The second-order valence-corrected chi connectivity index (χ2v) is 15.1. The summed E-state index contributed by atoms with van der Waals surface area (Å²) in [4.78, 5) is 13.0. The predicted molar refractivity (Wildman–Crippen MR) is 209 cm³/mol. The molecule has 0 unspecified atom stereocenters. The number of aliphatic hydroxyl groups excluding tert-OH is 6. The minimum atomic E-state index is -1.61. The number of unbranched alkanes of at least 4 members (excludes halogenated alkanes) is 19. The van der Waals surface area contributed by atoms with Crippen molar-refractivity contribution in [3.63, 3.8) is 0 Å². The second-order valence-electron chi connectivity index (χ2n) is 15.1. The molecular formula is C42H79NO9. The minimum absolute atomic E-state index is 0.306. The van der Waals surface area contributed by atoms with Crippen LogP contribution in [0.1, 0.15) is 175 Å². The molecule has 1 aliphatic heterocycles. The molecule has 10 nitrogen and oxygen atoms in total. The van der Waals surface area contributed by atoms with Crippen LogP contribution < -0.4 is 5.32 Å². The number of ether oxygens (including phenoxy) is 2. The maximum absolute atomic E-state index is 13.0. The summed E-state index contributed by atoms with van der Waals surface area (Å²) in [5.41, 5.74) is 1.36. The molecule has 1 rings (SSSR count). The fourth-order valence-corrected chi connectivity index (χ4v) is 6.65. The molecule has 1 fully saturated rings. The fourth-order valence-electron chi connectivity index (χ4n) is 6.65. The molecule has 8 atom stereocenters. The van der Waals surface area contributed by atoms with E-state index >= 15 is 0 Å². The average molecular weight is 742 g/mol. The van der Waals surface area contributed by atoms with E-state index in [1.54, 1.807) is 6.08 Å². The van der Waals surface area contributed by atoms with E-state index in [9.17, 15) is 35.4 Å². The Bertz CT molecular complexity index is 914. The van der Waals surface area contributed by atoms with Crippen molar-refractivity contribution in [1.82, 2.24) is 5.32 Å². The largest absolute Gasteiger partial charge is 0.394 e. The highest BCUT2D eigenvalue weighted by atomic mass is 16.7. The van der Waals surface area contributed by atoms with E-state index in [1.807, 2.05) is 6.08 Å². The molecule has 0 aromatic heterocycles. The normalized spacial score (nSPS) is 22.9. The quantitative estimate of drug-likeness (QED) is 0.0279. The van der Waals surface area contributed by atoms with Crippen LogP contribution in [0.4, 0.5) is 0 Å². The number of carbonyl (C=O) groups excluding carboxylic acids is 1. The van der Waals surface area contributed by atoms with Crippen molar-refractivity contribution in [3.8, 4) is 0 Å². The molecule has 10 heteroatoms. The van der Waals surface area contributed by atoms with E-state index in [-0.39, 0.29) is 6.61 Å². The Morgan fingerprint density at radius 3 is 1.79 bits per heavy atom. The number of amides is 1. The Labute approximate surface area is 316 Å². The monoisotopic (exact) mass is 742 g/mol. The molecule has 1 aliphatic rings. The zero-order valence-electron chi connectivity index (χ0n) is 33.1. The smallest absolute Gasteiger partial charge is 0.249 e. The maximum atomic E-state index is 13.0. The predicted octanol–water partition coefficient (Wildman–Crippen LogP) is 6.91. The Kier molecular flexibility index (Phi) is 29.9. The number of aliphatic hydroxyl groups is 6. The van der Waals surface area contributed by atoms with Crippen LogP contribution in [0.5, 0.6) is 0 Å². The summed E-state index contributed by atoms with van der Waals surface area (Å²) >= 11 is 0. The lowest BCUT2D eigenvalue weighted by atomic mass is 9.99. The third kappa shape index (κ3) is 22.8. The molecule has 1 amide bonds. The molecule has 0 radical (unpaired) electrons. The Morgan fingerprint density at radius 1 is 0.731 bits per heavy atom. The third-order valence-corrected chi connectivity index (χ3v) is 10.2. The van der Waals surface area contributed by atoms with Gasteiger partial charge in [0.2, 0.25) is 5.91 Å². The summed E-state index contributed by atoms with van der Waals surface area (Å²) in [5.74, 6) is -0.627. The Hall–Kier alpha value is -1.37. The first kappa shape index (κ1) is 48.6. The van der Waals surface area contributed by atoms with Crippen LogP contribution >= 0.6 is 0 Å². The summed E-state index contributed by atoms with van der Waals surface area (Å²) in [6, 6.07) is -0.994. The van der Waals surface area contributed by atoms with Crippen LogP contribution in [0.25, 0.3) is 0 Å². The lowest BCUT2D eigenvalue weighted by molar-refractivity contribution is -0.302. The molecule has 1 saturated heterocycles. The van der Waals surface area contributed by atoms with Gasteiger partial charge in [-0.1, -0.05) is 160 Å². The van der Waals surface area contributed by atoms with E-state index in [2.05, 4.69) is 32.2 Å². The number of carbonyl (C=O) groups is 1. The highest BCUT2D eigenvalue weighted by Crippen LogP contribution is 2.22. The molecule has 7 N–H and O–H groups in total. The van der Waals surface area contributed by atoms with Crippen molar-refractivity contribution in [1.29, 1.82) is 0 Å². The number of allylic oxidation sites excluding steroid dienone is 3. The van der Waals surface area contributed by atoms with Gasteiger partial charge >= 0.3 is 0 Å². The van der Waals surface area contributed by atoms with Gasteiger partial charge in [0.15, 0.2) is 6.29 Å². The highest BCUT2D eigenvalue weighted by molar-refractivity contribution is 5.80. The zero-order chi connectivity index (χ0) is 38.4. The van der Waals surface area contributed by atoms with Gasteiger partial charge in [-0.05, 0) is 39.0 Å². The Morgan fingerprint density at radius 2 is 1.25 bits per heavy atom. The molecule has 52 heavy (non-hydrogen) atoms. The average Bonchev–Trinajstić information content (AvgIpc) is 3.14. The van der Waals surface area contributed by atoms with Crippen molar-refractivity contribution in [2.24, 2.45) is 0 Å². The van der Waals surface area contributed by atoms with Gasteiger partial charge in [0.25, 0.3) is 0 Å². The van der Waals surface area contributed by atoms with Gasteiger partial charge in [-0.3, -0.25) is 4.79 Å². The van der Waals surface area contributed by atoms with Crippen LogP contribution in [0, 0.1) is 0 Å².